The molecule has 0 aromatic carbocycles. The zero-order valence-corrected chi connectivity index (χ0v) is 13.1. The van der Waals surface area contributed by atoms with Gasteiger partial charge in [0.25, 0.3) is 0 Å². The Morgan fingerprint density at radius 2 is 1.18 bits per heavy atom. The third-order valence-corrected chi connectivity index (χ3v) is 9.27. The molecule has 22 heavy (non-hydrogen) atoms. The second-order valence-corrected chi connectivity index (χ2v) is 8.64. The van der Waals surface area contributed by atoms with Crippen LogP contribution in [0.25, 0.3) is 0 Å². The van der Waals surface area contributed by atoms with Crippen molar-refractivity contribution in [3.8, 4) is 0 Å². The minimum absolute atomic E-state index is 0.161. The first-order chi connectivity index (χ1) is 10.7. The fourth-order valence-corrected chi connectivity index (χ4v) is 9.50. The summed E-state index contributed by atoms with van der Waals surface area (Å²) in [7, 11) is 2.93. The van der Waals surface area contributed by atoms with Crippen molar-refractivity contribution in [1.82, 2.24) is 0 Å². The lowest BCUT2D eigenvalue weighted by molar-refractivity contribution is -0.583. The van der Waals surface area contributed by atoms with Gasteiger partial charge in [-0.3, -0.25) is 9.59 Å². The van der Waals surface area contributed by atoms with Crippen molar-refractivity contribution in [2.75, 3.05) is 14.2 Å². The van der Waals surface area contributed by atoms with Gasteiger partial charge in [-0.15, -0.1) is 0 Å². The average molecular weight is 302 g/mol. The first-order valence-electron chi connectivity index (χ1n) is 8.82. The molecule has 0 radical (unpaired) electrons. The van der Waals surface area contributed by atoms with Crippen molar-refractivity contribution in [2.24, 2.45) is 58.2 Å². The van der Waals surface area contributed by atoms with Gasteiger partial charge in [0, 0.05) is 0 Å². The Morgan fingerprint density at radius 3 is 1.55 bits per heavy atom. The highest BCUT2D eigenvalue weighted by molar-refractivity contribution is 5.85. The summed E-state index contributed by atoms with van der Waals surface area (Å²) >= 11 is 0. The van der Waals surface area contributed by atoms with E-state index in [2.05, 4.69) is 0 Å². The van der Waals surface area contributed by atoms with Crippen LogP contribution in [0.5, 0.6) is 0 Å². The number of hydrogen-bond acceptors (Lipinski definition) is 4. The average Bonchev–Trinajstić information content (AvgIpc) is 2.53. The topological polar surface area (TPSA) is 52.6 Å². The van der Waals surface area contributed by atoms with Gasteiger partial charge in [0.1, 0.15) is 0 Å². The Kier molecular flexibility index (Phi) is 1.83. The van der Waals surface area contributed by atoms with Gasteiger partial charge in [0.2, 0.25) is 0 Å². The Morgan fingerprint density at radius 1 is 0.773 bits per heavy atom. The molecule has 7 fully saturated rings. The van der Waals surface area contributed by atoms with Crippen LogP contribution >= 0.6 is 0 Å². The third kappa shape index (κ3) is 0.771. The van der Waals surface area contributed by atoms with Crippen molar-refractivity contribution in [1.29, 1.82) is 0 Å². The van der Waals surface area contributed by atoms with Gasteiger partial charge in [0.15, 0.2) is 0 Å². The lowest BCUT2D eigenvalue weighted by Crippen LogP contribution is -3.02. The molecule has 2 spiro atoms. The lowest BCUT2D eigenvalue weighted by atomic mass is 8.99. The number of fused-ring (bicyclic) bond motifs is 1. The molecule has 0 amide bonds. The number of esters is 2. The molecule has 10 atom stereocenters. The molecule has 7 aliphatic carbocycles. The molecule has 7 rings (SSSR count). The summed E-state index contributed by atoms with van der Waals surface area (Å²) in [4.78, 5) is 25.0. The van der Waals surface area contributed by atoms with Crippen LogP contribution < -0.4 is 0 Å². The van der Waals surface area contributed by atoms with Crippen LogP contribution in [0.4, 0.5) is 0 Å². The van der Waals surface area contributed by atoms with Crippen LogP contribution in [0.15, 0.2) is 0 Å². The van der Waals surface area contributed by atoms with E-state index in [1.807, 2.05) is 0 Å². The smallest absolute Gasteiger partial charge is 0.309 e. The van der Waals surface area contributed by atoms with Crippen molar-refractivity contribution in [2.45, 2.75) is 25.7 Å². The highest BCUT2D eigenvalue weighted by Crippen LogP contribution is 3.05. The predicted octanol–water partition coefficient (Wildman–Crippen LogP) is 1.88. The summed E-state index contributed by atoms with van der Waals surface area (Å²) in [5.41, 5.74) is 0.812. The van der Waals surface area contributed by atoms with Crippen molar-refractivity contribution >= 4 is 11.9 Å². The molecular formula is C18H22O4. The quantitative estimate of drug-likeness (QED) is 0.731. The van der Waals surface area contributed by atoms with Gasteiger partial charge in [-0.1, -0.05) is 12.8 Å². The number of rotatable bonds is 2. The van der Waals surface area contributed by atoms with Crippen molar-refractivity contribution < 1.29 is 19.1 Å². The zero-order chi connectivity index (χ0) is 15.0. The van der Waals surface area contributed by atoms with E-state index >= 15 is 0 Å². The van der Waals surface area contributed by atoms with Crippen LogP contribution in [0, 0.1) is 58.2 Å². The molecule has 2 bridgehead atoms. The SMILES string of the molecule is COC(=O)[C@@H]1[C@H](C(=O)OC)[C@H]2[C@@H]3[C@@H]4[C@H]1[C@]15CCCC[C@@]21[C@H]3[C@H]45. The first-order valence-corrected chi connectivity index (χ1v) is 8.82. The van der Waals surface area contributed by atoms with Crippen LogP contribution in [-0.4, -0.2) is 26.2 Å². The number of carbonyl (C=O) groups excluding carboxylic acids is 2. The van der Waals surface area contributed by atoms with Gasteiger partial charge in [0.05, 0.1) is 26.1 Å². The first kappa shape index (κ1) is 12.4. The molecule has 0 aliphatic heterocycles. The highest BCUT2D eigenvalue weighted by atomic mass is 16.5. The van der Waals surface area contributed by atoms with Gasteiger partial charge in [-0.25, -0.2) is 0 Å². The molecule has 4 nitrogen and oxygen atoms in total. The molecule has 0 unspecified atom stereocenters. The predicted molar refractivity (Wildman–Crippen MR) is 75.3 cm³/mol. The maximum Gasteiger partial charge on any atom is 0.309 e. The summed E-state index contributed by atoms with van der Waals surface area (Å²) in [6.45, 7) is 0. The van der Waals surface area contributed by atoms with Crippen molar-refractivity contribution in [3.63, 3.8) is 0 Å². The van der Waals surface area contributed by atoms with Gasteiger partial charge >= 0.3 is 11.9 Å². The summed E-state index contributed by atoms with van der Waals surface area (Å²) in [5, 5.41) is 0. The van der Waals surface area contributed by atoms with Crippen molar-refractivity contribution in [3.05, 3.63) is 0 Å². The highest BCUT2D eigenvalue weighted by Gasteiger charge is 3.03. The molecule has 0 N–H and O–H groups in total. The van der Waals surface area contributed by atoms with Gasteiger partial charge in [-0.05, 0) is 59.2 Å². The lowest BCUT2D eigenvalue weighted by Gasteiger charge is -3.04. The zero-order valence-electron chi connectivity index (χ0n) is 13.1. The molecule has 118 valence electrons. The maximum absolute atomic E-state index is 12.5. The van der Waals surface area contributed by atoms with E-state index in [0.29, 0.717) is 22.7 Å². The Balaban J connectivity index is 1.51. The molecule has 0 heterocycles. The molecule has 7 saturated carbocycles. The largest absolute Gasteiger partial charge is 0.469 e. The second-order valence-electron chi connectivity index (χ2n) is 8.64. The fraction of sp³-hybridized carbons (Fsp3) is 0.889. The van der Waals surface area contributed by atoms with Gasteiger partial charge in [-0.2, -0.15) is 0 Å². The number of hydrogen-bond donors (Lipinski definition) is 0. The summed E-state index contributed by atoms with van der Waals surface area (Å²) in [6.07, 6.45) is 5.20. The monoisotopic (exact) mass is 302 g/mol. The van der Waals surface area contributed by atoms with E-state index < -0.39 is 0 Å². The Hall–Kier alpha value is -1.06. The Bertz CT molecular complexity index is 575. The number of ether oxygens (including phenoxy) is 2. The minimum Gasteiger partial charge on any atom is -0.469 e. The normalized spacial score (nSPS) is 63.9. The van der Waals surface area contributed by atoms with Crippen LogP contribution in [0.2, 0.25) is 0 Å². The van der Waals surface area contributed by atoms with E-state index in [1.54, 1.807) is 0 Å². The summed E-state index contributed by atoms with van der Waals surface area (Å²) < 4.78 is 10.2. The maximum atomic E-state index is 12.5. The van der Waals surface area contributed by atoms with E-state index in [4.69, 9.17) is 9.47 Å². The van der Waals surface area contributed by atoms with E-state index in [0.717, 1.165) is 23.7 Å². The van der Waals surface area contributed by atoms with Crippen LogP contribution in [-0.2, 0) is 19.1 Å². The molecule has 0 aromatic rings. The van der Waals surface area contributed by atoms with Crippen LogP contribution in [0.1, 0.15) is 25.7 Å². The minimum atomic E-state index is -0.229. The number of carbonyl (C=O) groups is 2. The molecule has 4 heteroatoms. The standard InChI is InChI=1S/C18H22O4/c1-21-15(19)9-10(16(20)22-2)12-8-7-11(9)17-5-3-4-6-18(12,17)14(8)13(7)17/h7-14H,3-6H2,1-2H3/t7-,8+,9-,10+,11-,12-,13+,14-,17+,18+/m1/s1. The third-order valence-electron chi connectivity index (χ3n) is 9.27. The fourth-order valence-electron chi connectivity index (χ4n) is 9.50. The Labute approximate surface area is 129 Å². The second kappa shape index (κ2) is 3.25. The van der Waals surface area contributed by atoms with E-state index in [9.17, 15) is 9.59 Å². The summed E-state index contributed by atoms with van der Waals surface area (Å²) in [6, 6.07) is 0. The molecule has 7 aliphatic rings. The molecule has 0 aromatic heterocycles. The number of methoxy groups -OCH3 is 2. The molecular weight excluding hydrogens is 280 g/mol. The molecule has 0 saturated heterocycles. The van der Waals surface area contributed by atoms with Gasteiger partial charge < -0.3 is 9.47 Å². The van der Waals surface area contributed by atoms with E-state index in [-0.39, 0.29) is 23.8 Å². The summed E-state index contributed by atoms with van der Waals surface area (Å²) in [5.74, 6) is 3.27. The van der Waals surface area contributed by atoms with Crippen LogP contribution in [0.3, 0.4) is 0 Å². The van der Waals surface area contributed by atoms with E-state index in [1.165, 1.54) is 39.9 Å².